The van der Waals surface area contributed by atoms with Crippen molar-refractivity contribution in [3.05, 3.63) is 53.6 Å². The monoisotopic (exact) mass is 397 g/mol. The molecule has 2 aromatic rings. The predicted molar refractivity (Wildman–Crippen MR) is 118 cm³/mol. The molecule has 2 rings (SSSR count). The minimum absolute atomic E-state index is 0.192. The van der Waals surface area contributed by atoms with Crippen LogP contribution in [0.15, 0.2) is 47.6 Å². The molecule has 0 radical (unpaired) electrons. The number of methoxy groups -OCH3 is 2. The summed E-state index contributed by atoms with van der Waals surface area (Å²) in [5.74, 6) is 1.04. The summed E-state index contributed by atoms with van der Waals surface area (Å²) in [4.78, 5) is 14.5. The van der Waals surface area contributed by atoms with Gasteiger partial charge in [-0.1, -0.05) is 32.0 Å². The van der Waals surface area contributed by atoms with E-state index < -0.39 is 0 Å². The molecule has 0 unspecified atom stereocenters. The SMILES string of the molecule is CCCN(CCC)c1ccc(/C=N\NC(=O)Cc2ccc(OC)c(OC)c2)cc1. The van der Waals surface area contributed by atoms with E-state index in [1.54, 1.807) is 32.6 Å². The van der Waals surface area contributed by atoms with Crippen molar-refractivity contribution < 1.29 is 14.3 Å². The van der Waals surface area contributed by atoms with Crippen LogP contribution in [0.1, 0.15) is 37.8 Å². The Balaban J connectivity index is 1.91. The van der Waals surface area contributed by atoms with Gasteiger partial charge in [-0.05, 0) is 48.2 Å². The highest BCUT2D eigenvalue weighted by molar-refractivity contribution is 5.83. The van der Waals surface area contributed by atoms with Crippen LogP contribution in [0.4, 0.5) is 5.69 Å². The Bertz CT molecular complexity index is 798. The van der Waals surface area contributed by atoms with Crippen LogP contribution in [0, 0.1) is 0 Å². The number of benzene rings is 2. The Kier molecular flexibility index (Phi) is 9.02. The zero-order valence-electron chi connectivity index (χ0n) is 17.8. The number of ether oxygens (including phenoxy) is 2. The number of nitrogens with zero attached hydrogens (tertiary/aromatic N) is 2. The van der Waals surface area contributed by atoms with E-state index in [0.717, 1.165) is 37.1 Å². The van der Waals surface area contributed by atoms with E-state index in [4.69, 9.17) is 9.47 Å². The Morgan fingerprint density at radius 1 is 1.00 bits per heavy atom. The van der Waals surface area contributed by atoms with Gasteiger partial charge in [-0.15, -0.1) is 0 Å². The maximum atomic E-state index is 12.1. The molecular weight excluding hydrogens is 366 g/mol. The molecule has 29 heavy (non-hydrogen) atoms. The number of anilines is 1. The van der Waals surface area contributed by atoms with Crippen molar-refractivity contribution in [3.8, 4) is 11.5 Å². The molecule has 0 atom stereocenters. The molecule has 2 aromatic carbocycles. The second kappa shape index (κ2) is 11.7. The maximum Gasteiger partial charge on any atom is 0.244 e. The first-order valence-corrected chi connectivity index (χ1v) is 9.99. The number of carbonyl (C=O) groups excluding carboxylic acids is 1. The number of nitrogens with one attached hydrogen (secondary N) is 1. The van der Waals surface area contributed by atoms with E-state index in [1.165, 1.54) is 5.69 Å². The quantitative estimate of drug-likeness (QED) is 0.459. The lowest BCUT2D eigenvalue weighted by atomic mass is 10.1. The number of rotatable bonds is 11. The third-order valence-corrected chi connectivity index (χ3v) is 4.46. The molecule has 6 heteroatoms. The molecule has 1 N–H and O–H groups in total. The second-order valence-corrected chi connectivity index (χ2v) is 6.74. The fourth-order valence-corrected chi connectivity index (χ4v) is 3.08. The average molecular weight is 398 g/mol. The van der Waals surface area contributed by atoms with E-state index in [9.17, 15) is 4.79 Å². The Morgan fingerprint density at radius 2 is 1.66 bits per heavy atom. The van der Waals surface area contributed by atoms with Crippen LogP contribution >= 0.6 is 0 Å². The number of hydrogen-bond acceptors (Lipinski definition) is 5. The van der Waals surface area contributed by atoms with Gasteiger partial charge in [-0.2, -0.15) is 5.10 Å². The molecule has 0 saturated carbocycles. The van der Waals surface area contributed by atoms with Gasteiger partial charge >= 0.3 is 0 Å². The molecule has 0 aliphatic rings. The van der Waals surface area contributed by atoms with Crippen molar-refractivity contribution in [1.29, 1.82) is 0 Å². The minimum Gasteiger partial charge on any atom is -0.493 e. The Labute approximate surface area is 173 Å². The van der Waals surface area contributed by atoms with Crippen LogP contribution < -0.4 is 19.8 Å². The van der Waals surface area contributed by atoms with Crippen LogP contribution in [0.25, 0.3) is 0 Å². The average Bonchev–Trinajstić information content (AvgIpc) is 2.74. The zero-order chi connectivity index (χ0) is 21.1. The van der Waals surface area contributed by atoms with Crippen LogP contribution in [0.2, 0.25) is 0 Å². The molecule has 0 bridgehead atoms. The van der Waals surface area contributed by atoms with Gasteiger partial charge in [0.15, 0.2) is 11.5 Å². The van der Waals surface area contributed by atoms with Gasteiger partial charge in [0, 0.05) is 18.8 Å². The minimum atomic E-state index is -0.192. The number of amides is 1. The highest BCUT2D eigenvalue weighted by Crippen LogP contribution is 2.27. The van der Waals surface area contributed by atoms with E-state index in [0.29, 0.717) is 11.5 Å². The molecule has 0 aliphatic carbocycles. The maximum absolute atomic E-state index is 12.1. The van der Waals surface area contributed by atoms with E-state index in [-0.39, 0.29) is 12.3 Å². The number of carbonyl (C=O) groups is 1. The van der Waals surface area contributed by atoms with Crippen LogP contribution in [-0.2, 0) is 11.2 Å². The summed E-state index contributed by atoms with van der Waals surface area (Å²) in [7, 11) is 3.15. The van der Waals surface area contributed by atoms with Gasteiger partial charge in [0.05, 0.1) is 26.9 Å². The van der Waals surface area contributed by atoms with Gasteiger partial charge in [-0.25, -0.2) is 5.43 Å². The molecule has 0 heterocycles. The van der Waals surface area contributed by atoms with Gasteiger partial charge in [0.1, 0.15) is 0 Å². The third-order valence-electron chi connectivity index (χ3n) is 4.46. The second-order valence-electron chi connectivity index (χ2n) is 6.74. The molecule has 1 amide bonds. The van der Waals surface area contributed by atoms with E-state index in [2.05, 4.69) is 41.4 Å². The van der Waals surface area contributed by atoms with Crippen molar-refractivity contribution in [2.45, 2.75) is 33.1 Å². The molecular formula is C23H31N3O3. The van der Waals surface area contributed by atoms with Crippen molar-refractivity contribution >= 4 is 17.8 Å². The summed E-state index contributed by atoms with van der Waals surface area (Å²) in [6, 6.07) is 13.6. The van der Waals surface area contributed by atoms with E-state index >= 15 is 0 Å². The van der Waals surface area contributed by atoms with Gasteiger partial charge in [0.2, 0.25) is 5.91 Å². The van der Waals surface area contributed by atoms with Gasteiger partial charge in [-0.3, -0.25) is 4.79 Å². The van der Waals surface area contributed by atoms with Crippen LogP contribution in [0.3, 0.4) is 0 Å². The van der Waals surface area contributed by atoms with Crippen LogP contribution in [0.5, 0.6) is 11.5 Å². The molecule has 6 nitrogen and oxygen atoms in total. The summed E-state index contributed by atoms with van der Waals surface area (Å²) in [5.41, 5.74) is 5.55. The lowest BCUT2D eigenvalue weighted by molar-refractivity contribution is -0.120. The topological polar surface area (TPSA) is 63.2 Å². The molecule has 156 valence electrons. The molecule has 0 saturated heterocycles. The lowest BCUT2D eigenvalue weighted by Gasteiger charge is -2.23. The first-order chi connectivity index (χ1) is 14.1. The highest BCUT2D eigenvalue weighted by atomic mass is 16.5. The zero-order valence-corrected chi connectivity index (χ0v) is 17.8. The molecule has 0 fully saturated rings. The summed E-state index contributed by atoms with van der Waals surface area (Å²) >= 11 is 0. The van der Waals surface area contributed by atoms with E-state index in [1.807, 2.05) is 18.2 Å². The van der Waals surface area contributed by atoms with Crippen molar-refractivity contribution in [2.75, 3.05) is 32.2 Å². The third kappa shape index (κ3) is 6.82. The predicted octanol–water partition coefficient (Wildman–Crippen LogP) is 4.02. The van der Waals surface area contributed by atoms with Crippen molar-refractivity contribution in [3.63, 3.8) is 0 Å². The fourth-order valence-electron chi connectivity index (χ4n) is 3.08. The summed E-state index contributed by atoms with van der Waals surface area (Å²) < 4.78 is 10.5. The summed E-state index contributed by atoms with van der Waals surface area (Å²) in [6.07, 6.45) is 4.10. The molecule has 0 aromatic heterocycles. The van der Waals surface area contributed by atoms with Gasteiger partial charge in [0.25, 0.3) is 0 Å². The summed E-state index contributed by atoms with van der Waals surface area (Å²) in [6.45, 7) is 6.48. The normalized spacial score (nSPS) is 10.8. The lowest BCUT2D eigenvalue weighted by Crippen LogP contribution is -2.24. The Hall–Kier alpha value is -3.02. The number of hydrogen-bond donors (Lipinski definition) is 1. The standard InChI is InChI=1S/C23H31N3O3/c1-5-13-26(14-6-2)20-10-7-18(8-11-20)17-24-25-23(27)16-19-9-12-21(28-3)22(15-19)29-4/h7-12,15,17H,5-6,13-14,16H2,1-4H3,(H,25,27)/b24-17-. The smallest absolute Gasteiger partial charge is 0.244 e. The van der Waals surface area contributed by atoms with Crippen molar-refractivity contribution in [1.82, 2.24) is 5.43 Å². The molecule has 0 spiro atoms. The largest absolute Gasteiger partial charge is 0.493 e. The number of hydrazone groups is 1. The summed E-state index contributed by atoms with van der Waals surface area (Å²) in [5, 5.41) is 4.07. The Morgan fingerprint density at radius 3 is 2.24 bits per heavy atom. The fraction of sp³-hybridized carbons (Fsp3) is 0.391. The highest BCUT2D eigenvalue weighted by Gasteiger charge is 2.08. The first-order valence-electron chi connectivity index (χ1n) is 9.99. The first kappa shape index (κ1) is 22.3. The van der Waals surface area contributed by atoms with Crippen molar-refractivity contribution in [2.24, 2.45) is 5.10 Å². The molecule has 0 aliphatic heterocycles. The van der Waals surface area contributed by atoms with Crippen LogP contribution in [-0.4, -0.2) is 39.4 Å². The van der Waals surface area contributed by atoms with Gasteiger partial charge < -0.3 is 14.4 Å².